The number of nitrogen functional groups attached to an aromatic ring is 1. The van der Waals surface area contributed by atoms with Gasteiger partial charge >= 0.3 is 0 Å². The Morgan fingerprint density at radius 3 is 2.63 bits per heavy atom. The molecular formula is C22H28N6O2. The lowest BCUT2D eigenvalue weighted by Gasteiger charge is -2.28. The number of fused-ring (bicyclic) bond motifs is 1. The second-order valence-corrected chi connectivity index (χ2v) is 8.12. The SMILES string of the molecule is CO[C@H]1CC[C@H](Nc2ncc3c(N)ncc(-c4ccn(C(C)C)c(=O)c4)c3n2)CC1. The largest absolute Gasteiger partial charge is 0.383 e. The third-order valence-corrected chi connectivity index (χ3v) is 5.81. The normalized spacial score (nSPS) is 19.3. The van der Waals surface area contributed by atoms with Gasteiger partial charge in [0.05, 0.1) is 17.0 Å². The van der Waals surface area contributed by atoms with Crippen molar-refractivity contribution in [2.45, 2.75) is 57.7 Å². The first-order chi connectivity index (χ1) is 14.5. The highest BCUT2D eigenvalue weighted by atomic mass is 16.5. The standard InChI is InChI=1S/C22H28N6O2/c1-13(2)28-9-8-14(10-19(28)29)17-11-24-21(23)18-12-25-22(27-20(17)18)26-15-4-6-16(30-3)7-5-15/h8-13,15-16H,4-7H2,1-3H3,(H2,23,24)(H,25,26,27)/t15-,16-. The summed E-state index contributed by atoms with van der Waals surface area (Å²) in [4.78, 5) is 26.0. The Morgan fingerprint density at radius 1 is 1.20 bits per heavy atom. The predicted octanol–water partition coefficient (Wildman–Crippen LogP) is 3.39. The maximum Gasteiger partial charge on any atom is 0.251 e. The van der Waals surface area contributed by atoms with Gasteiger partial charge in [0, 0.05) is 49.4 Å². The number of hydrogen-bond acceptors (Lipinski definition) is 7. The van der Waals surface area contributed by atoms with E-state index in [1.807, 2.05) is 19.9 Å². The van der Waals surface area contributed by atoms with Crippen LogP contribution in [0.15, 0.2) is 35.5 Å². The van der Waals surface area contributed by atoms with Gasteiger partial charge in [-0.3, -0.25) is 4.79 Å². The molecule has 3 aromatic heterocycles. The number of nitrogens with zero attached hydrogens (tertiary/aromatic N) is 4. The van der Waals surface area contributed by atoms with Gasteiger partial charge in [-0.05, 0) is 51.2 Å². The Balaban J connectivity index is 1.69. The van der Waals surface area contributed by atoms with Gasteiger partial charge in [-0.1, -0.05) is 0 Å². The number of aromatic nitrogens is 4. The molecule has 0 atom stereocenters. The van der Waals surface area contributed by atoms with Gasteiger partial charge < -0.3 is 20.4 Å². The summed E-state index contributed by atoms with van der Waals surface area (Å²) in [6.45, 7) is 3.96. The Labute approximate surface area is 175 Å². The van der Waals surface area contributed by atoms with E-state index in [0.717, 1.165) is 36.8 Å². The molecule has 8 heteroatoms. The smallest absolute Gasteiger partial charge is 0.251 e. The molecular weight excluding hydrogens is 380 g/mol. The average molecular weight is 409 g/mol. The van der Waals surface area contributed by atoms with Gasteiger partial charge in [-0.2, -0.15) is 0 Å². The number of anilines is 2. The Kier molecular flexibility index (Phi) is 5.67. The van der Waals surface area contributed by atoms with Gasteiger partial charge in [0.1, 0.15) is 5.82 Å². The molecule has 0 aliphatic heterocycles. The summed E-state index contributed by atoms with van der Waals surface area (Å²) in [7, 11) is 1.77. The minimum atomic E-state index is -0.0604. The van der Waals surface area contributed by atoms with Crippen molar-refractivity contribution in [1.29, 1.82) is 0 Å². The highest BCUT2D eigenvalue weighted by Gasteiger charge is 2.21. The van der Waals surface area contributed by atoms with Crippen LogP contribution in [0.5, 0.6) is 0 Å². The number of methoxy groups -OCH3 is 1. The molecule has 3 N–H and O–H groups in total. The van der Waals surface area contributed by atoms with Crippen molar-refractivity contribution >= 4 is 22.7 Å². The van der Waals surface area contributed by atoms with Crippen LogP contribution in [0, 0.1) is 0 Å². The molecule has 1 aliphatic carbocycles. The van der Waals surface area contributed by atoms with E-state index in [4.69, 9.17) is 15.5 Å². The molecule has 0 aromatic carbocycles. The van der Waals surface area contributed by atoms with Crippen LogP contribution < -0.4 is 16.6 Å². The third kappa shape index (κ3) is 4.00. The molecule has 3 aromatic rings. The molecule has 0 bridgehead atoms. The highest BCUT2D eigenvalue weighted by Crippen LogP contribution is 2.30. The molecule has 8 nitrogen and oxygen atoms in total. The molecule has 0 saturated heterocycles. The fraction of sp³-hybridized carbons (Fsp3) is 0.455. The summed E-state index contributed by atoms with van der Waals surface area (Å²) in [6, 6.07) is 3.94. The lowest BCUT2D eigenvalue weighted by Crippen LogP contribution is -2.29. The van der Waals surface area contributed by atoms with Crippen molar-refractivity contribution in [2.75, 3.05) is 18.2 Å². The van der Waals surface area contributed by atoms with Gasteiger partial charge in [-0.15, -0.1) is 0 Å². The van der Waals surface area contributed by atoms with Crippen molar-refractivity contribution in [3.63, 3.8) is 0 Å². The van der Waals surface area contributed by atoms with Crippen LogP contribution in [0.25, 0.3) is 22.0 Å². The van der Waals surface area contributed by atoms with Crippen LogP contribution in [0.2, 0.25) is 0 Å². The Morgan fingerprint density at radius 2 is 1.97 bits per heavy atom. The fourth-order valence-corrected chi connectivity index (χ4v) is 4.03. The topological polar surface area (TPSA) is 108 Å². The van der Waals surface area contributed by atoms with Crippen LogP contribution in [0.4, 0.5) is 11.8 Å². The maximum atomic E-state index is 12.5. The highest BCUT2D eigenvalue weighted by molar-refractivity contribution is 5.98. The molecule has 0 spiro atoms. The van der Waals surface area contributed by atoms with Crippen LogP contribution in [0.3, 0.4) is 0 Å². The lowest BCUT2D eigenvalue weighted by atomic mass is 9.93. The van der Waals surface area contributed by atoms with E-state index in [1.54, 1.807) is 36.3 Å². The van der Waals surface area contributed by atoms with E-state index < -0.39 is 0 Å². The molecule has 1 fully saturated rings. The summed E-state index contributed by atoms with van der Waals surface area (Å²) in [6.07, 6.45) is 9.59. The quantitative estimate of drug-likeness (QED) is 0.666. The number of pyridine rings is 2. The van der Waals surface area contributed by atoms with E-state index >= 15 is 0 Å². The monoisotopic (exact) mass is 408 g/mol. The van der Waals surface area contributed by atoms with Gasteiger partial charge in [0.15, 0.2) is 0 Å². The van der Waals surface area contributed by atoms with Gasteiger partial charge in [-0.25, -0.2) is 15.0 Å². The molecule has 1 saturated carbocycles. The molecule has 30 heavy (non-hydrogen) atoms. The number of nitrogens with two attached hydrogens (primary N) is 1. The number of rotatable bonds is 5. The summed E-state index contributed by atoms with van der Waals surface area (Å²) < 4.78 is 7.14. The first-order valence-corrected chi connectivity index (χ1v) is 10.4. The molecule has 0 unspecified atom stereocenters. The molecule has 0 amide bonds. The summed E-state index contributed by atoms with van der Waals surface area (Å²) in [5.74, 6) is 0.933. The third-order valence-electron chi connectivity index (χ3n) is 5.81. The minimum absolute atomic E-state index is 0.0604. The van der Waals surface area contributed by atoms with E-state index in [1.165, 1.54) is 0 Å². The molecule has 4 rings (SSSR count). The number of ether oxygens (including phenoxy) is 1. The summed E-state index contributed by atoms with van der Waals surface area (Å²) in [5.41, 5.74) is 8.23. The summed E-state index contributed by atoms with van der Waals surface area (Å²) >= 11 is 0. The van der Waals surface area contributed by atoms with E-state index in [2.05, 4.69) is 15.3 Å². The van der Waals surface area contributed by atoms with Crippen molar-refractivity contribution in [3.05, 3.63) is 41.1 Å². The van der Waals surface area contributed by atoms with E-state index in [9.17, 15) is 4.79 Å². The first kappa shape index (κ1) is 20.3. The average Bonchev–Trinajstić information content (AvgIpc) is 2.74. The van der Waals surface area contributed by atoms with E-state index in [0.29, 0.717) is 34.8 Å². The zero-order valence-electron chi connectivity index (χ0n) is 17.6. The number of nitrogens with one attached hydrogen (secondary N) is 1. The lowest BCUT2D eigenvalue weighted by molar-refractivity contribution is 0.0681. The van der Waals surface area contributed by atoms with Crippen LogP contribution in [-0.2, 0) is 4.74 Å². The minimum Gasteiger partial charge on any atom is -0.383 e. The maximum absolute atomic E-state index is 12.5. The zero-order chi connectivity index (χ0) is 21.3. The van der Waals surface area contributed by atoms with Crippen LogP contribution in [0.1, 0.15) is 45.6 Å². The predicted molar refractivity (Wildman–Crippen MR) is 119 cm³/mol. The van der Waals surface area contributed by atoms with Gasteiger partial charge in [0.2, 0.25) is 5.95 Å². The fourth-order valence-electron chi connectivity index (χ4n) is 4.03. The van der Waals surface area contributed by atoms with Crippen molar-refractivity contribution < 1.29 is 4.74 Å². The van der Waals surface area contributed by atoms with Crippen LogP contribution in [-0.4, -0.2) is 38.8 Å². The van der Waals surface area contributed by atoms with E-state index in [-0.39, 0.29) is 11.6 Å². The van der Waals surface area contributed by atoms with Crippen molar-refractivity contribution in [1.82, 2.24) is 19.5 Å². The van der Waals surface area contributed by atoms with Crippen LogP contribution >= 0.6 is 0 Å². The molecule has 1 aliphatic rings. The Hall–Kier alpha value is -3.00. The Bertz CT molecular complexity index is 1100. The van der Waals surface area contributed by atoms with Crippen molar-refractivity contribution in [3.8, 4) is 11.1 Å². The second kappa shape index (κ2) is 8.39. The van der Waals surface area contributed by atoms with Crippen molar-refractivity contribution in [2.24, 2.45) is 0 Å². The molecule has 3 heterocycles. The summed E-state index contributed by atoms with van der Waals surface area (Å²) in [5, 5.41) is 4.12. The second-order valence-electron chi connectivity index (χ2n) is 8.12. The van der Waals surface area contributed by atoms with Gasteiger partial charge in [0.25, 0.3) is 5.56 Å². The number of hydrogen-bond donors (Lipinski definition) is 2. The molecule has 0 radical (unpaired) electrons. The zero-order valence-corrected chi connectivity index (χ0v) is 17.6. The first-order valence-electron chi connectivity index (χ1n) is 10.4. The molecule has 158 valence electrons.